The largest absolute Gasteiger partial charge is 0.493 e. The van der Waals surface area contributed by atoms with Crippen molar-refractivity contribution in [1.29, 1.82) is 0 Å². The number of nitrogens with zero attached hydrogens (tertiary/aromatic N) is 3. The van der Waals surface area contributed by atoms with Crippen molar-refractivity contribution in [2.24, 2.45) is 5.10 Å². The van der Waals surface area contributed by atoms with Crippen molar-refractivity contribution < 1.29 is 18.7 Å². The van der Waals surface area contributed by atoms with Crippen LogP contribution in [0.3, 0.4) is 0 Å². The number of rotatable bonds is 6. The summed E-state index contributed by atoms with van der Waals surface area (Å²) in [4.78, 5) is 20.7. The second-order valence-electron chi connectivity index (χ2n) is 6.15. The molecule has 2 aromatic carbocycles. The normalized spacial score (nSPS) is 10.8. The molecule has 0 amide bonds. The number of hydrogen-bond donors (Lipinski definition) is 1. The second-order valence-corrected chi connectivity index (χ2v) is 6.15. The van der Waals surface area contributed by atoms with E-state index in [4.69, 9.17) is 9.47 Å². The highest BCUT2D eigenvalue weighted by molar-refractivity contribution is 5.91. The maximum Gasteiger partial charge on any atom is 0.343 e. The first-order valence-electron chi connectivity index (χ1n) is 8.72. The van der Waals surface area contributed by atoms with Gasteiger partial charge < -0.3 is 9.47 Å². The Bertz CT molecular complexity index is 1030. The quantitative estimate of drug-likeness (QED) is 0.295. The van der Waals surface area contributed by atoms with Crippen molar-refractivity contribution in [3.63, 3.8) is 0 Å². The third kappa shape index (κ3) is 5.35. The summed E-state index contributed by atoms with van der Waals surface area (Å²) < 4.78 is 23.6. The summed E-state index contributed by atoms with van der Waals surface area (Å²) in [5.74, 6) is -0.0480. The van der Waals surface area contributed by atoms with Crippen LogP contribution in [0.5, 0.6) is 11.5 Å². The van der Waals surface area contributed by atoms with E-state index in [2.05, 4.69) is 20.5 Å². The molecule has 29 heavy (non-hydrogen) atoms. The average molecular weight is 394 g/mol. The summed E-state index contributed by atoms with van der Waals surface area (Å²) in [7, 11) is 1.47. The highest BCUT2D eigenvalue weighted by Crippen LogP contribution is 2.28. The highest BCUT2D eigenvalue weighted by atomic mass is 19.1. The lowest BCUT2D eigenvalue weighted by molar-refractivity contribution is 0.0729. The van der Waals surface area contributed by atoms with E-state index in [1.807, 2.05) is 19.9 Å². The van der Waals surface area contributed by atoms with Crippen LogP contribution in [0.4, 0.5) is 10.3 Å². The van der Waals surface area contributed by atoms with Crippen LogP contribution >= 0.6 is 0 Å². The average Bonchev–Trinajstić information content (AvgIpc) is 2.68. The second kappa shape index (κ2) is 8.92. The van der Waals surface area contributed by atoms with Gasteiger partial charge in [0.1, 0.15) is 5.82 Å². The number of carbonyl (C=O) groups is 1. The molecule has 0 aliphatic carbocycles. The Labute approximate surface area is 167 Å². The molecule has 0 radical (unpaired) electrons. The topological polar surface area (TPSA) is 85.7 Å². The summed E-state index contributed by atoms with van der Waals surface area (Å²) >= 11 is 0. The number of nitrogens with one attached hydrogen (secondary N) is 1. The predicted octanol–water partition coefficient (Wildman–Crippen LogP) is 3.91. The molecule has 8 heteroatoms. The number of methoxy groups -OCH3 is 1. The van der Waals surface area contributed by atoms with Crippen LogP contribution in [0.1, 0.15) is 27.3 Å². The van der Waals surface area contributed by atoms with Crippen LogP contribution in [-0.2, 0) is 0 Å². The first-order valence-corrected chi connectivity index (χ1v) is 8.72. The number of esters is 1. The zero-order valence-corrected chi connectivity index (χ0v) is 16.1. The number of hydrogen-bond acceptors (Lipinski definition) is 7. The molecule has 7 nitrogen and oxygen atoms in total. The lowest BCUT2D eigenvalue weighted by Gasteiger charge is -2.10. The smallest absolute Gasteiger partial charge is 0.343 e. The molecule has 3 rings (SSSR count). The molecular weight excluding hydrogens is 375 g/mol. The number of aryl methyl sites for hydroxylation is 2. The Morgan fingerprint density at radius 3 is 2.38 bits per heavy atom. The molecule has 0 aliphatic heterocycles. The molecule has 0 unspecified atom stereocenters. The fourth-order valence-corrected chi connectivity index (χ4v) is 2.53. The number of aromatic nitrogens is 2. The predicted molar refractivity (Wildman–Crippen MR) is 107 cm³/mol. The first kappa shape index (κ1) is 19.9. The van der Waals surface area contributed by atoms with Crippen molar-refractivity contribution >= 4 is 18.1 Å². The molecule has 3 aromatic rings. The number of hydrazone groups is 1. The zero-order chi connectivity index (χ0) is 20.8. The molecule has 0 saturated heterocycles. The Hall–Kier alpha value is -3.81. The van der Waals surface area contributed by atoms with Crippen molar-refractivity contribution in [2.45, 2.75) is 13.8 Å². The zero-order valence-electron chi connectivity index (χ0n) is 16.1. The van der Waals surface area contributed by atoms with E-state index in [1.165, 1.54) is 31.4 Å². The molecule has 0 aliphatic rings. The van der Waals surface area contributed by atoms with E-state index < -0.39 is 11.8 Å². The Morgan fingerprint density at radius 2 is 1.72 bits per heavy atom. The lowest BCUT2D eigenvalue weighted by Crippen LogP contribution is -2.09. The van der Waals surface area contributed by atoms with Crippen molar-refractivity contribution in [3.05, 3.63) is 76.9 Å². The van der Waals surface area contributed by atoms with Crippen molar-refractivity contribution in [1.82, 2.24) is 9.97 Å². The Balaban J connectivity index is 1.71. The number of ether oxygens (including phenoxy) is 2. The molecule has 1 N–H and O–H groups in total. The number of carbonyl (C=O) groups excluding carboxylic acids is 1. The van der Waals surface area contributed by atoms with E-state index >= 15 is 0 Å². The van der Waals surface area contributed by atoms with Gasteiger partial charge in [-0.15, -0.1) is 0 Å². The lowest BCUT2D eigenvalue weighted by atomic mass is 10.2. The maximum atomic E-state index is 13.0. The van der Waals surface area contributed by atoms with Crippen LogP contribution in [0.15, 0.2) is 53.6 Å². The molecular formula is C21H19FN4O3. The van der Waals surface area contributed by atoms with E-state index in [-0.39, 0.29) is 11.3 Å². The van der Waals surface area contributed by atoms with Gasteiger partial charge in [0, 0.05) is 11.4 Å². The van der Waals surface area contributed by atoms with E-state index in [1.54, 1.807) is 24.4 Å². The molecule has 0 bridgehead atoms. The Kier molecular flexibility index (Phi) is 6.13. The van der Waals surface area contributed by atoms with Gasteiger partial charge in [-0.2, -0.15) is 5.10 Å². The molecule has 1 heterocycles. The third-order valence-corrected chi connectivity index (χ3v) is 3.83. The van der Waals surface area contributed by atoms with Crippen LogP contribution in [0.2, 0.25) is 0 Å². The number of anilines is 1. The van der Waals surface area contributed by atoms with Crippen LogP contribution in [-0.4, -0.2) is 29.3 Å². The van der Waals surface area contributed by atoms with Gasteiger partial charge in [0.05, 0.1) is 18.9 Å². The van der Waals surface area contributed by atoms with Crippen LogP contribution < -0.4 is 14.9 Å². The maximum absolute atomic E-state index is 13.0. The minimum atomic E-state index is -0.613. The standard InChI is InChI=1S/C21H19FN4O3/c1-13-10-14(2)25-21(24-13)26-23-12-15-4-9-18(19(11-15)28-3)29-20(27)16-5-7-17(22)8-6-16/h4-12H,1-3H3,(H,24,25,26)/b23-12+. The molecule has 0 fully saturated rings. The molecule has 0 atom stereocenters. The van der Waals surface area contributed by atoms with Gasteiger partial charge in [-0.3, -0.25) is 0 Å². The fourth-order valence-electron chi connectivity index (χ4n) is 2.53. The molecule has 1 aromatic heterocycles. The molecule has 148 valence electrons. The minimum absolute atomic E-state index is 0.233. The number of halogens is 1. The minimum Gasteiger partial charge on any atom is -0.493 e. The first-order chi connectivity index (χ1) is 13.9. The van der Waals surface area contributed by atoms with E-state index in [0.29, 0.717) is 17.3 Å². The van der Waals surface area contributed by atoms with Gasteiger partial charge in [0.2, 0.25) is 5.95 Å². The molecule has 0 spiro atoms. The van der Waals surface area contributed by atoms with Gasteiger partial charge >= 0.3 is 5.97 Å². The van der Waals surface area contributed by atoms with Crippen LogP contribution in [0.25, 0.3) is 0 Å². The van der Waals surface area contributed by atoms with Crippen molar-refractivity contribution in [2.75, 3.05) is 12.5 Å². The summed E-state index contributed by atoms with van der Waals surface area (Å²) in [6, 6.07) is 11.9. The van der Waals surface area contributed by atoms with Gasteiger partial charge in [-0.05, 0) is 67.9 Å². The summed E-state index contributed by atoms with van der Waals surface area (Å²) in [5, 5.41) is 4.12. The van der Waals surface area contributed by atoms with Crippen molar-refractivity contribution in [3.8, 4) is 11.5 Å². The van der Waals surface area contributed by atoms with Crippen LogP contribution in [0, 0.1) is 19.7 Å². The number of benzene rings is 2. The summed E-state index contributed by atoms with van der Waals surface area (Å²) in [6.45, 7) is 3.75. The van der Waals surface area contributed by atoms with Gasteiger partial charge in [0.25, 0.3) is 0 Å². The summed E-state index contributed by atoms with van der Waals surface area (Å²) in [5.41, 5.74) is 5.39. The monoisotopic (exact) mass is 394 g/mol. The van der Waals surface area contributed by atoms with E-state index in [9.17, 15) is 9.18 Å². The highest BCUT2D eigenvalue weighted by Gasteiger charge is 2.13. The molecule has 0 saturated carbocycles. The van der Waals surface area contributed by atoms with Gasteiger partial charge in [-0.1, -0.05) is 0 Å². The van der Waals surface area contributed by atoms with E-state index in [0.717, 1.165) is 11.4 Å². The van der Waals surface area contributed by atoms with Gasteiger partial charge in [0.15, 0.2) is 11.5 Å². The SMILES string of the molecule is COc1cc(/C=N/Nc2nc(C)cc(C)n2)ccc1OC(=O)c1ccc(F)cc1. The third-order valence-electron chi connectivity index (χ3n) is 3.83. The Morgan fingerprint density at radius 1 is 1.03 bits per heavy atom. The summed E-state index contributed by atoms with van der Waals surface area (Å²) in [6.07, 6.45) is 1.56. The van der Waals surface area contributed by atoms with Gasteiger partial charge in [-0.25, -0.2) is 24.6 Å². The fraction of sp³-hybridized carbons (Fsp3) is 0.143.